The van der Waals surface area contributed by atoms with E-state index in [0.29, 0.717) is 16.8 Å². The van der Waals surface area contributed by atoms with Gasteiger partial charge in [-0.05, 0) is 61.4 Å². The number of benzene rings is 2. The van der Waals surface area contributed by atoms with Gasteiger partial charge in [0.05, 0.1) is 39.4 Å². The Kier molecular flexibility index (Phi) is 7.53. The van der Waals surface area contributed by atoms with Crippen LogP contribution in [0.5, 0.6) is 0 Å². The Morgan fingerprint density at radius 2 is 1.74 bits per heavy atom. The highest BCUT2D eigenvalue weighted by Crippen LogP contribution is 2.30. The molecule has 34 heavy (non-hydrogen) atoms. The van der Waals surface area contributed by atoms with Gasteiger partial charge in [0.25, 0.3) is 0 Å². The molecule has 0 aliphatic carbocycles. The lowest BCUT2D eigenvalue weighted by molar-refractivity contribution is -0.115. The molecule has 3 aromatic rings. The number of sulfone groups is 1. The van der Waals surface area contributed by atoms with Gasteiger partial charge in [-0.15, -0.1) is 0 Å². The van der Waals surface area contributed by atoms with Crippen molar-refractivity contribution in [3.63, 3.8) is 0 Å². The number of amides is 1. The summed E-state index contributed by atoms with van der Waals surface area (Å²) < 4.78 is 37.3. The molecule has 6 nitrogen and oxygen atoms in total. The van der Waals surface area contributed by atoms with Crippen LogP contribution in [0.1, 0.15) is 42.4 Å². The monoisotopic (exact) mass is 502 g/mol. The number of carbonyl (C=O) groups excluding carboxylic acids is 2. The molecule has 1 amide bonds. The maximum absolute atomic E-state index is 13.5. The van der Waals surface area contributed by atoms with E-state index >= 15 is 0 Å². The summed E-state index contributed by atoms with van der Waals surface area (Å²) >= 11 is 5.86. The van der Waals surface area contributed by atoms with Crippen LogP contribution in [0, 0.1) is 5.82 Å². The van der Waals surface area contributed by atoms with Crippen LogP contribution in [-0.4, -0.2) is 30.8 Å². The van der Waals surface area contributed by atoms with E-state index in [1.807, 2.05) is 0 Å². The Bertz CT molecular complexity index is 1320. The number of pyridine rings is 1. The maximum Gasteiger partial charge on any atom is 0.228 e. The van der Waals surface area contributed by atoms with Crippen molar-refractivity contribution in [3.05, 3.63) is 88.5 Å². The van der Waals surface area contributed by atoms with Crippen LogP contribution in [0.3, 0.4) is 0 Å². The van der Waals surface area contributed by atoms with Gasteiger partial charge in [-0.25, -0.2) is 12.8 Å². The number of hydrogen-bond donors (Lipinski definition) is 1. The predicted octanol–water partition coefficient (Wildman–Crippen LogP) is 5.01. The number of rotatable bonds is 8. The Morgan fingerprint density at radius 3 is 2.29 bits per heavy atom. The zero-order chi connectivity index (χ0) is 25.1. The molecule has 0 fully saturated rings. The molecule has 0 aliphatic rings. The highest BCUT2D eigenvalue weighted by atomic mass is 35.5. The minimum Gasteiger partial charge on any atom is -0.324 e. The molecule has 0 saturated heterocycles. The first-order valence-corrected chi connectivity index (χ1v) is 12.5. The van der Waals surface area contributed by atoms with E-state index in [0.717, 1.165) is 0 Å². The summed E-state index contributed by atoms with van der Waals surface area (Å²) in [5.41, 5.74) is 0.824. The van der Waals surface area contributed by atoms with Gasteiger partial charge in [-0.2, -0.15) is 0 Å². The SMILES string of the molecule is CCS(=O)(=O)c1ccc(CC(=O)Nc2ccc(C(=O)C(C)(C)c3ccc(F)c(Cl)c3)nc2)cc1. The third-order valence-electron chi connectivity index (χ3n) is 5.52. The number of nitrogens with zero attached hydrogens (tertiary/aromatic N) is 1. The predicted molar refractivity (Wildman–Crippen MR) is 130 cm³/mol. The summed E-state index contributed by atoms with van der Waals surface area (Å²) in [5, 5.41) is 2.64. The average molecular weight is 503 g/mol. The van der Waals surface area contributed by atoms with Crippen molar-refractivity contribution >= 4 is 38.8 Å². The molecule has 0 bridgehead atoms. The first kappa shape index (κ1) is 25.5. The average Bonchev–Trinajstić information content (AvgIpc) is 2.81. The molecular weight excluding hydrogens is 479 g/mol. The van der Waals surface area contributed by atoms with E-state index in [4.69, 9.17) is 11.6 Å². The molecule has 3 rings (SSSR count). The summed E-state index contributed by atoms with van der Waals surface area (Å²) in [6.45, 7) is 4.98. The Hall–Kier alpha value is -3.10. The number of nitrogens with one attached hydrogen (secondary N) is 1. The molecule has 0 spiro atoms. The van der Waals surface area contributed by atoms with Crippen molar-refractivity contribution in [3.8, 4) is 0 Å². The second kappa shape index (κ2) is 10.0. The Balaban J connectivity index is 1.66. The minimum atomic E-state index is -3.30. The van der Waals surface area contributed by atoms with Crippen LogP contribution in [0.15, 0.2) is 65.7 Å². The summed E-state index contributed by atoms with van der Waals surface area (Å²) in [4.78, 5) is 29.8. The molecule has 178 valence electrons. The third kappa shape index (κ3) is 5.69. The standard InChI is InChI=1S/C25H24ClFN2O4S/c1-4-34(32,33)19-9-5-16(6-10-19)13-23(30)29-18-8-12-22(28-15-18)24(31)25(2,3)17-7-11-21(27)20(26)14-17/h5-12,14-15H,4,13H2,1-3H3,(H,29,30). The topological polar surface area (TPSA) is 93.2 Å². The zero-order valence-electron chi connectivity index (χ0n) is 18.9. The molecule has 1 heterocycles. The number of aromatic nitrogens is 1. The second-order valence-electron chi connectivity index (χ2n) is 8.29. The lowest BCUT2D eigenvalue weighted by atomic mass is 9.79. The first-order chi connectivity index (χ1) is 15.9. The fourth-order valence-corrected chi connectivity index (χ4v) is 4.37. The minimum absolute atomic E-state index is 0.00710. The fourth-order valence-electron chi connectivity index (χ4n) is 3.31. The summed E-state index contributed by atoms with van der Waals surface area (Å²) in [5.74, 6) is -1.15. The third-order valence-corrected chi connectivity index (χ3v) is 7.56. The lowest BCUT2D eigenvalue weighted by Crippen LogP contribution is -2.30. The molecule has 0 unspecified atom stereocenters. The lowest BCUT2D eigenvalue weighted by Gasteiger charge is -2.23. The van der Waals surface area contributed by atoms with Gasteiger partial charge in [0.2, 0.25) is 5.91 Å². The van der Waals surface area contributed by atoms with E-state index in [-0.39, 0.29) is 39.5 Å². The van der Waals surface area contributed by atoms with Crippen molar-refractivity contribution in [2.75, 3.05) is 11.1 Å². The highest BCUT2D eigenvalue weighted by molar-refractivity contribution is 7.91. The van der Waals surface area contributed by atoms with Crippen LogP contribution < -0.4 is 5.32 Å². The van der Waals surface area contributed by atoms with Gasteiger partial charge < -0.3 is 5.32 Å². The molecule has 0 saturated carbocycles. The van der Waals surface area contributed by atoms with Crippen LogP contribution in [0.25, 0.3) is 0 Å². The molecule has 1 N–H and O–H groups in total. The van der Waals surface area contributed by atoms with Gasteiger partial charge in [-0.3, -0.25) is 14.6 Å². The molecule has 9 heteroatoms. The normalized spacial score (nSPS) is 11.8. The van der Waals surface area contributed by atoms with Gasteiger partial charge in [0.15, 0.2) is 15.6 Å². The van der Waals surface area contributed by atoms with E-state index in [1.165, 1.54) is 42.6 Å². The molecule has 0 atom stereocenters. The number of anilines is 1. The van der Waals surface area contributed by atoms with Crippen molar-refractivity contribution < 1.29 is 22.4 Å². The van der Waals surface area contributed by atoms with Crippen molar-refractivity contribution in [2.24, 2.45) is 0 Å². The quantitative estimate of drug-likeness (QED) is 0.437. The van der Waals surface area contributed by atoms with Gasteiger partial charge in [-0.1, -0.05) is 36.7 Å². The summed E-state index contributed by atoms with van der Waals surface area (Å²) in [6.07, 6.45) is 1.43. The fraction of sp³-hybridized carbons (Fsp3) is 0.240. The van der Waals surface area contributed by atoms with Crippen LogP contribution in [0.2, 0.25) is 5.02 Å². The van der Waals surface area contributed by atoms with Crippen molar-refractivity contribution in [2.45, 2.75) is 37.5 Å². The number of halogens is 2. The first-order valence-electron chi connectivity index (χ1n) is 10.5. The van der Waals surface area contributed by atoms with Crippen LogP contribution in [0.4, 0.5) is 10.1 Å². The van der Waals surface area contributed by atoms with Gasteiger partial charge >= 0.3 is 0 Å². The highest BCUT2D eigenvalue weighted by Gasteiger charge is 2.32. The van der Waals surface area contributed by atoms with Crippen LogP contribution in [-0.2, 0) is 26.5 Å². The number of Topliss-reactive ketones (excluding diaryl/α,β-unsaturated/α-hetero) is 1. The molecule has 0 aliphatic heterocycles. The zero-order valence-corrected chi connectivity index (χ0v) is 20.5. The number of hydrogen-bond acceptors (Lipinski definition) is 5. The summed E-state index contributed by atoms with van der Waals surface area (Å²) in [6, 6.07) is 13.4. The maximum atomic E-state index is 13.5. The van der Waals surface area contributed by atoms with Gasteiger partial charge in [0, 0.05) is 0 Å². The molecule has 1 aromatic heterocycles. The smallest absolute Gasteiger partial charge is 0.228 e. The van der Waals surface area contributed by atoms with Crippen molar-refractivity contribution in [1.82, 2.24) is 4.98 Å². The van der Waals surface area contributed by atoms with E-state index < -0.39 is 21.1 Å². The van der Waals surface area contributed by atoms with Gasteiger partial charge in [0.1, 0.15) is 11.5 Å². The Morgan fingerprint density at radius 1 is 1.06 bits per heavy atom. The number of ketones is 1. The second-order valence-corrected chi connectivity index (χ2v) is 11.0. The largest absolute Gasteiger partial charge is 0.324 e. The van der Waals surface area contributed by atoms with Crippen LogP contribution >= 0.6 is 11.6 Å². The van der Waals surface area contributed by atoms with E-state index in [9.17, 15) is 22.4 Å². The van der Waals surface area contributed by atoms with E-state index in [2.05, 4.69) is 10.3 Å². The molecule has 2 aromatic carbocycles. The number of carbonyl (C=O) groups is 2. The van der Waals surface area contributed by atoms with Crippen molar-refractivity contribution in [1.29, 1.82) is 0 Å². The van der Waals surface area contributed by atoms with E-state index in [1.54, 1.807) is 39.0 Å². The molecular formula is C25H24ClFN2O4S. The summed E-state index contributed by atoms with van der Waals surface area (Å²) in [7, 11) is -3.30. The Labute approximate surface area is 203 Å². The molecule has 0 radical (unpaired) electrons.